The first kappa shape index (κ1) is 35.2. The van der Waals surface area contributed by atoms with Gasteiger partial charge in [-0.15, -0.1) is 0 Å². The number of rotatable bonds is 5. The van der Waals surface area contributed by atoms with Crippen molar-refractivity contribution in [1.82, 2.24) is 9.13 Å². The number of hydrogen-bond acceptors (Lipinski definition) is 0. The topological polar surface area (TPSA) is 9.86 Å². The molecule has 0 saturated carbocycles. The molecule has 2 aromatic heterocycles. The van der Waals surface area contributed by atoms with Gasteiger partial charge in [0, 0.05) is 38.3 Å². The highest BCUT2D eigenvalue weighted by Crippen LogP contribution is 2.49. The lowest BCUT2D eigenvalue weighted by Gasteiger charge is -2.13. The minimum atomic E-state index is 1.14. The molecule has 0 N–H and O–H groups in total. The SMILES string of the molecule is c1ccc(-n2c3ccccc3c3ccc(-c4ccc5c6ccc7ccccc7c6n(-c6cccc(-c7ccc(-c8ccc9c%10c(cccc8%10)-c8ccccc8-9)cc7)c6)c5c4)cc32)cc1. The van der Waals surface area contributed by atoms with Gasteiger partial charge in [0.25, 0.3) is 0 Å². The van der Waals surface area contributed by atoms with Gasteiger partial charge in [-0.2, -0.15) is 0 Å². The van der Waals surface area contributed by atoms with Crippen molar-refractivity contribution in [3.05, 3.63) is 231 Å². The summed E-state index contributed by atoms with van der Waals surface area (Å²) in [6.45, 7) is 0. The third kappa shape index (κ3) is 5.08. The number of aromatic nitrogens is 2. The highest BCUT2D eigenvalue weighted by atomic mass is 15.0. The summed E-state index contributed by atoms with van der Waals surface area (Å²) in [5, 5.41) is 10.2. The Balaban J connectivity index is 0.912. The van der Waals surface area contributed by atoms with E-state index in [1.54, 1.807) is 0 Å². The molecular formula is C62H38N2. The van der Waals surface area contributed by atoms with Crippen LogP contribution in [0.25, 0.3) is 132 Å². The molecule has 2 heterocycles. The molecule has 1 aliphatic carbocycles. The minimum Gasteiger partial charge on any atom is -0.309 e. The zero-order valence-corrected chi connectivity index (χ0v) is 34.8. The maximum absolute atomic E-state index is 2.50. The van der Waals surface area contributed by atoms with Gasteiger partial charge in [-0.05, 0) is 114 Å². The third-order valence-corrected chi connectivity index (χ3v) is 13.9. The quantitative estimate of drug-likeness (QED) is 0.164. The van der Waals surface area contributed by atoms with Gasteiger partial charge in [0.15, 0.2) is 0 Å². The average molecular weight is 811 g/mol. The summed E-state index contributed by atoms with van der Waals surface area (Å²) in [4.78, 5) is 0. The van der Waals surface area contributed by atoms with Crippen molar-refractivity contribution in [2.45, 2.75) is 0 Å². The van der Waals surface area contributed by atoms with Gasteiger partial charge in [0.1, 0.15) is 0 Å². The number of nitrogens with zero attached hydrogens (tertiary/aromatic N) is 2. The Morgan fingerprint density at radius 3 is 1.58 bits per heavy atom. The van der Waals surface area contributed by atoms with E-state index in [0.717, 1.165) is 11.4 Å². The van der Waals surface area contributed by atoms with Gasteiger partial charge in [-0.1, -0.05) is 188 Å². The monoisotopic (exact) mass is 810 g/mol. The Bertz CT molecular complexity index is 4020. The van der Waals surface area contributed by atoms with Crippen molar-refractivity contribution in [3.8, 4) is 67.0 Å². The molecule has 0 aliphatic heterocycles. The summed E-state index contributed by atoms with van der Waals surface area (Å²) in [6.07, 6.45) is 0. The number of fused-ring (bicyclic) bond motifs is 11. The highest BCUT2D eigenvalue weighted by molar-refractivity contribution is 6.20. The van der Waals surface area contributed by atoms with E-state index in [0.29, 0.717) is 0 Å². The fourth-order valence-corrected chi connectivity index (χ4v) is 11.0. The predicted molar refractivity (Wildman–Crippen MR) is 271 cm³/mol. The second kappa shape index (κ2) is 13.5. The second-order valence-electron chi connectivity index (χ2n) is 17.2. The van der Waals surface area contributed by atoms with Crippen molar-refractivity contribution in [2.24, 2.45) is 0 Å². The van der Waals surface area contributed by atoms with Crippen LogP contribution >= 0.6 is 0 Å². The zero-order chi connectivity index (χ0) is 41.9. The van der Waals surface area contributed by atoms with Crippen molar-refractivity contribution in [2.75, 3.05) is 0 Å². The molecule has 0 fully saturated rings. The van der Waals surface area contributed by atoms with E-state index in [4.69, 9.17) is 0 Å². The maximum Gasteiger partial charge on any atom is 0.0619 e. The lowest BCUT2D eigenvalue weighted by Crippen LogP contribution is -1.96. The van der Waals surface area contributed by atoms with Crippen LogP contribution in [-0.4, -0.2) is 9.13 Å². The van der Waals surface area contributed by atoms with Crippen LogP contribution in [0.1, 0.15) is 0 Å². The van der Waals surface area contributed by atoms with Gasteiger partial charge in [0.2, 0.25) is 0 Å². The molecule has 2 heteroatoms. The van der Waals surface area contributed by atoms with Crippen LogP contribution in [0, 0.1) is 0 Å². The van der Waals surface area contributed by atoms with Crippen LogP contribution in [0.5, 0.6) is 0 Å². The Morgan fingerprint density at radius 2 is 0.766 bits per heavy atom. The highest BCUT2D eigenvalue weighted by Gasteiger charge is 2.23. The molecule has 64 heavy (non-hydrogen) atoms. The number of para-hydroxylation sites is 2. The predicted octanol–water partition coefficient (Wildman–Crippen LogP) is 16.8. The van der Waals surface area contributed by atoms with Gasteiger partial charge in [0.05, 0.1) is 22.1 Å². The molecule has 2 nitrogen and oxygen atoms in total. The normalized spacial score (nSPS) is 12.1. The summed E-state index contributed by atoms with van der Waals surface area (Å²) in [5.41, 5.74) is 19.7. The standard InChI is InChI=1S/C62H38N2/c1-2-14-45(15-3-1)63-58-23-9-8-20-51(58)52-31-29-43(37-59(52)63)44-30-32-53-57-33-28-40-12-4-5-17-48(40)62(57)64(60(53)38-44)46-16-10-13-42(36-46)39-24-26-41(27-25-39)47-34-35-56-50-19-7-6-18-49(50)55-22-11-21-54(47)61(55)56/h1-38H. The molecule has 14 rings (SSSR count). The lowest BCUT2D eigenvalue weighted by molar-refractivity contribution is 1.18. The molecule has 296 valence electrons. The van der Waals surface area contributed by atoms with E-state index in [1.165, 1.54) is 121 Å². The second-order valence-corrected chi connectivity index (χ2v) is 17.2. The largest absolute Gasteiger partial charge is 0.309 e. The zero-order valence-electron chi connectivity index (χ0n) is 34.8. The molecule has 11 aromatic carbocycles. The molecule has 0 atom stereocenters. The maximum atomic E-state index is 2.50. The van der Waals surface area contributed by atoms with Crippen molar-refractivity contribution in [3.63, 3.8) is 0 Å². The molecular weight excluding hydrogens is 773 g/mol. The third-order valence-electron chi connectivity index (χ3n) is 13.9. The smallest absolute Gasteiger partial charge is 0.0619 e. The fourth-order valence-electron chi connectivity index (χ4n) is 11.0. The molecule has 0 unspecified atom stereocenters. The summed E-state index contributed by atoms with van der Waals surface area (Å²) < 4.78 is 4.90. The van der Waals surface area contributed by atoms with E-state index >= 15 is 0 Å². The molecule has 13 aromatic rings. The van der Waals surface area contributed by atoms with Gasteiger partial charge in [-0.3, -0.25) is 0 Å². The molecule has 0 saturated heterocycles. The van der Waals surface area contributed by atoms with Crippen molar-refractivity contribution >= 4 is 65.2 Å². The Morgan fingerprint density at radius 1 is 0.234 bits per heavy atom. The fraction of sp³-hybridized carbons (Fsp3) is 0. The van der Waals surface area contributed by atoms with Crippen LogP contribution in [-0.2, 0) is 0 Å². The van der Waals surface area contributed by atoms with Gasteiger partial charge < -0.3 is 9.13 Å². The summed E-state index contributed by atoms with van der Waals surface area (Å²) >= 11 is 0. The van der Waals surface area contributed by atoms with E-state index in [9.17, 15) is 0 Å². The van der Waals surface area contributed by atoms with Crippen LogP contribution in [0.2, 0.25) is 0 Å². The van der Waals surface area contributed by atoms with Crippen molar-refractivity contribution < 1.29 is 0 Å². The van der Waals surface area contributed by atoms with E-state index < -0.39 is 0 Å². The summed E-state index contributed by atoms with van der Waals surface area (Å²) in [7, 11) is 0. The number of benzene rings is 11. The Labute approximate surface area is 370 Å². The van der Waals surface area contributed by atoms with Crippen molar-refractivity contribution in [1.29, 1.82) is 0 Å². The van der Waals surface area contributed by atoms with Crippen LogP contribution in [0.15, 0.2) is 231 Å². The summed E-state index contributed by atoms with van der Waals surface area (Å²) in [5.74, 6) is 0. The average Bonchev–Trinajstić information content (AvgIpc) is 4.00. The lowest BCUT2D eigenvalue weighted by atomic mass is 9.93. The minimum absolute atomic E-state index is 1.14. The molecule has 0 radical (unpaired) electrons. The molecule has 0 spiro atoms. The van der Waals surface area contributed by atoms with E-state index in [1.807, 2.05) is 0 Å². The Hall–Kier alpha value is -8.46. The van der Waals surface area contributed by atoms with Gasteiger partial charge >= 0.3 is 0 Å². The number of hydrogen-bond donors (Lipinski definition) is 0. The van der Waals surface area contributed by atoms with Crippen LogP contribution in [0.3, 0.4) is 0 Å². The first-order valence-electron chi connectivity index (χ1n) is 22.2. The van der Waals surface area contributed by atoms with E-state index in [-0.39, 0.29) is 0 Å². The van der Waals surface area contributed by atoms with Crippen LogP contribution < -0.4 is 0 Å². The Kier molecular flexibility index (Phi) is 7.43. The van der Waals surface area contributed by atoms with E-state index in [2.05, 4.69) is 240 Å². The first-order chi connectivity index (χ1) is 31.7. The summed E-state index contributed by atoms with van der Waals surface area (Å²) in [6, 6.07) is 85.3. The van der Waals surface area contributed by atoms with Crippen LogP contribution in [0.4, 0.5) is 0 Å². The molecule has 1 aliphatic rings. The van der Waals surface area contributed by atoms with Gasteiger partial charge in [-0.25, -0.2) is 0 Å². The first-order valence-corrected chi connectivity index (χ1v) is 22.2. The molecule has 0 bridgehead atoms. The molecule has 0 amide bonds.